The summed E-state index contributed by atoms with van der Waals surface area (Å²) in [5.74, 6) is 0.752. The molecule has 2 aromatic heterocycles. The number of aromatic nitrogens is 5. The Labute approximate surface area is 149 Å². The summed E-state index contributed by atoms with van der Waals surface area (Å²) in [6.45, 7) is 2.54. The van der Waals surface area contributed by atoms with Crippen molar-refractivity contribution in [2.75, 3.05) is 5.32 Å². The average molecular weight is 348 g/mol. The van der Waals surface area contributed by atoms with Crippen molar-refractivity contribution in [3.05, 3.63) is 71.5 Å². The lowest BCUT2D eigenvalue weighted by atomic mass is 10.2. The minimum Gasteiger partial charge on any atom is -0.378 e. The molecule has 0 radical (unpaired) electrons. The van der Waals surface area contributed by atoms with E-state index in [1.165, 1.54) is 0 Å². The van der Waals surface area contributed by atoms with E-state index < -0.39 is 0 Å². The Balaban J connectivity index is 1.52. The average Bonchev–Trinajstić information content (AvgIpc) is 3.30. The monoisotopic (exact) mass is 348 g/mol. The SMILES string of the molecule is Cc1csc(-c2cccc(NCc3nnnn3-c3ccccc3)c2)n1. The number of para-hydroxylation sites is 1. The first kappa shape index (κ1) is 15.5. The Morgan fingerprint density at radius 3 is 2.76 bits per heavy atom. The van der Waals surface area contributed by atoms with E-state index in [0.29, 0.717) is 6.54 Å². The number of thiazole rings is 1. The molecule has 0 spiro atoms. The molecular weight excluding hydrogens is 332 g/mol. The number of aryl methyl sites for hydroxylation is 1. The van der Waals surface area contributed by atoms with E-state index >= 15 is 0 Å². The van der Waals surface area contributed by atoms with Gasteiger partial charge in [-0.25, -0.2) is 4.98 Å². The molecular formula is C18H16N6S. The second-order valence-corrected chi connectivity index (χ2v) is 6.43. The molecule has 124 valence electrons. The highest BCUT2D eigenvalue weighted by molar-refractivity contribution is 7.13. The fourth-order valence-corrected chi connectivity index (χ4v) is 3.31. The van der Waals surface area contributed by atoms with Gasteiger partial charge in [-0.15, -0.1) is 16.4 Å². The second kappa shape index (κ2) is 6.82. The standard InChI is InChI=1S/C18H16N6S/c1-13-12-25-18(20-13)14-6-5-7-15(10-14)19-11-17-21-22-23-24(17)16-8-3-2-4-9-16/h2-10,12,19H,11H2,1H3. The summed E-state index contributed by atoms with van der Waals surface area (Å²) in [6.07, 6.45) is 0. The lowest BCUT2D eigenvalue weighted by molar-refractivity contribution is 0.768. The predicted molar refractivity (Wildman–Crippen MR) is 98.8 cm³/mol. The van der Waals surface area contributed by atoms with Crippen LogP contribution in [0.2, 0.25) is 0 Å². The van der Waals surface area contributed by atoms with Crippen molar-refractivity contribution in [3.63, 3.8) is 0 Å². The third-order valence-electron chi connectivity index (χ3n) is 3.71. The first-order valence-electron chi connectivity index (χ1n) is 7.89. The molecule has 25 heavy (non-hydrogen) atoms. The van der Waals surface area contributed by atoms with Gasteiger partial charge in [-0.3, -0.25) is 0 Å². The Bertz CT molecular complexity index is 976. The van der Waals surface area contributed by atoms with Crippen LogP contribution in [0.4, 0.5) is 5.69 Å². The number of anilines is 1. The summed E-state index contributed by atoms with van der Waals surface area (Å²) in [7, 11) is 0. The summed E-state index contributed by atoms with van der Waals surface area (Å²) in [5.41, 5.74) is 4.09. The molecule has 7 heteroatoms. The summed E-state index contributed by atoms with van der Waals surface area (Å²) in [5, 5.41) is 18.5. The minimum atomic E-state index is 0.530. The summed E-state index contributed by atoms with van der Waals surface area (Å²) in [4.78, 5) is 4.54. The number of rotatable bonds is 5. The first-order valence-corrected chi connectivity index (χ1v) is 8.77. The van der Waals surface area contributed by atoms with Crippen LogP contribution in [0.25, 0.3) is 16.3 Å². The van der Waals surface area contributed by atoms with E-state index in [9.17, 15) is 0 Å². The van der Waals surface area contributed by atoms with Gasteiger partial charge in [-0.05, 0) is 41.6 Å². The normalized spacial score (nSPS) is 10.8. The summed E-state index contributed by atoms with van der Waals surface area (Å²) in [6, 6.07) is 18.1. The highest BCUT2D eigenvalue weighted by Crippen LogP contribution is 2.26. The maximum absolute atomic E-state index is 4.54. The Kier molecular flexibility index (Phi) is 4.22. The highest BCUT2D eigenvalue weighted by atomic mass is 32.1. The molecule has 0 amide bonds. The molecule has 0 aliphatic heterocycles. The smallest absolute Gasteiger partial charge is 0.175 e. The molecule has 0 bridgehead atoms. The van der Waals surface area contributed by atoms with Crippen molar-refractivity contribution < 1.29 is 0 Å². The minimum absolute atomic E-state index is 0.530. The van der Waals surface area contributed by atoms with Crippen molar-refractivity contribution in [2.24, 2.45) is 0 Å². The second-order valence-electron chi connectivity index (χ2n) is 5.57. The van der Waals surface area contributed by atoms with Crippen LogP contribution < -0.4 is 5.32 Å². The molecule has 0 atom stereocenters. The van der Waals surface area contributed by atoms with Gasteiger partial charge in [0.1, 0.15) is 5.01 Å². The van der Waals surface area contributed by atoms with Gasteiger partial charge in [0.15, 0.2) is 5.82 Å². The van der Waals surface area contributed by atoms with E-state index in [4.69, 9.17) is 0 Å². The lowest BCUT2D eigenvalue weighted by Crippen LogP contribution is -2.08. The van der Waals surface area contributed by atoms with Crippen LogP contribution in [0.3, 0.4) is 0 Å². The van der Waals surface area contributed by atoms with Crippen molar-refractivity contribution in [2.45, 2.75) is 13.5 Å². The van der Waals surface area contributed by atoms with Gasteiger partial charge in [-0.1, -0.05) is 30.3 Å². The van der Waals surface area contributed by atoms with E-state index in [-0.39, 0.29) is 0 Å². The van der Waals surface area contributed by atoms with Crippen molar-refractivity contribution in [1.29, 1.82) is 0 Å². The molecule has 2 aromatic carbocycles. The highest BCUT2D eigenvalue weighted by Gasteiger charge is 2.08. The van der Waals surface area contributed by atoms with E-state index in [2.05, 4.69) is 43.3 Å². The maximum Gasteiger partial charge on any atom is 0.175 e. The van der Waals surface area contributed by atoms with Gasteiger partial charge in [-0.2, -0.15) is 4.68 Å². The Morgan fingerprint density at radius 2 is 1.96 bits per heavy atom. The molecule has 6 nitrogen and oxygen atoms in total. The molecule has 0 saturated heterocycles. The van der Waals surface area contributed by atoms with Gasteiger partial charge >= 0.3 is 0 Å². The molecule has 0 unspecified atom stereocenters. The van der Waals surface area contributed by atoms with Gasteiger partial charge in [0, 0.05) is 22.3 Å². The van der Waals surface area contributed by atoms with Gasteiger partial charge < -0.3 is 5.32 Å². The fourth-order valence-electron chi connectivity index (χ4n) is 2.52. The molecule has 2 heterocycles. The van der Waals surface area contributed by atoms with Crippen LogP contribution in [0.15, 0.2) is 60.0 Å². The molecule has 0 fully saturated rings. The molecule has 0 saturated carbocycles. The number of benzene rings is 2. The van der Waals surface area contributed by atoms with Crippen molar-refractivity contribution >= 4 is 17.0 Å². The van der Waals surface area contributed by atoms with Crippen LogP contribution in [0.1, 0.15) is 11.5 Å². The maximum atomic E-state index is 4.54. The van der Waals surface area contributed by atoms with Crippen molar-refractivity contribution in [3.8, 4) is 16.3 Å². The predicted octanol–water partition coefficient (Wildman–Crippen LogP) is 3.71. The van der Waals surface area contributed by atoms with Crippen LogP contribution in [-0.4, -0.2) is 25.2 Å². The van der Waals surface area contributed by atoms with Crippen molar-refractivity contribution in [1.82, 2.24) is 25.2 Å². The van der Waals surface area contributed by atoms with Crippen LogP contribution in [0, 0.1) is 6.92 Å². The zero-order valence-corrected chi connectivity index (χ0v) is 14.4. The van der Waals surface area contributed by atoms with Gasteiger partial charge in [0.05, 0.1) is 12.2 Å². The zero-order valence-electron chi connectivity index (χ0n) is 13.6. The molecule has 0 aliphatic rings. The molecule has 4 aromatic rings. The number of tetrazole rings is 1. The fraction of sp³-hybridized carbons (Fsp3) is 0.111. The third kappa shape index (κ3) is 3.41. The zero-order chi connectivity index (χ0) is 17.1. The summed E-state index contributed by atoms with van der Waals surface area (Å²) >= 11 is 1.65. The molecule has 4 rings (SSSR count). The van der Waals surface area contributed by atoms with Crippen LogP contribution in [0.5, 0.6) is 0 Å². The third-order valence-corrected chi connectivity index (χ3v) is 4.72. The van der Waals surface area contributed by atoms with E-state index in [0.717, 1.165) is 33.5 Å². The van der Waals surface area contributed by atoms with Crippen LogP contribution in [-0.2, 0) is 6.54 Å². The topological polar surface area (TPSA) is 68.5 Å². The first-order chi connectivity index (χ1) is 12.3. The number of nitrogens with zero attached hydrogens (tertiary/aromatic N) is 5. The summed E-state index contributed by atoms with van der Waals surface area (Å²) < 4.78 is 1.74. The van der Waals surface area contributed by atoms with Gasteiger partial charge in [0.2, 0.25) is 0 Å². The number of hydrogen-bond acceptors (Lipinski definition) is 6. The quantitative estimate of drug-likeness (QED) is 0.595. The van der Waals surface area contributed by atoms with E-state index in [1.807, 2.05) is 49.4 Å². The van der Waals surface area contributed by atoms with Crippen LogP contribution >= 0.6 is 11.3 Å². The lowest BCUT2D eigenvalue weighted by Gasteiger charge is -2.08. The Hall–Kier alpha value is -3.06. The van der Waals surface area contributed by atoms with Gasteiger partial charge in [0.25, 0.3) is 0 Å². The van der Waals surface area contributed by atoms with E-state index in [1.54, 1.807) is 16.0 Å². The largest absolute Gasteiger partial charge is 0.378 e. The molecule has 0 aliphatic carbocycles. The number of hydrogen-bond donors (Lipinski definition) is 1. The number of nitrogens with one attached hydrogen (secondary N) is 1. The molecule has 1 N–H and O–H groups in total. The Morgan fingerprint density at radius 1 is 1.08 bits per heavy atom.